The second kappa shape index (κ2) is 5.68. The Balaban J connectivity index is 2.25. The summed E-state index contributed by atoms with van der Waals surface area (Å²) >= 11 is 0. The molecule has 2 nitrogen and oxygen atoms in total. The van der Waals surface area contributed by atoms with Crippen molar-refractivity contribution in [3.05, 3.63) is 47.3 Å². The molecule has 1 unspecified atom stereocenters. The van der Waals surface area contributed by atoms with Gasteiger partial charge in [-0.05, 0) is 37.3 Å². The number of hydrogen-bond acceptors (Lipinski definition) is 2. The van der Waals surface area contributed by atoms with Crippen LogP contribution in [0.25, 0.3) is 0 Å². The number of nitrogens with zero attached hydrogens (tertiary/aromatic N) is 2. The van der Waals surface area contributed by atoms with Crippen molar-refractivity contribution in [2.45, 2.75) is 39.8 Å². The van der Waals surface area contributed by atoms with Crippen molar-refractivity contribution >= 4 is 0 Å². The molecule has 1 heterocycles. The van der Waals surface area contributed by atoms with Crippen LogP contribution in [0.15, 0.2) is 47.3 Å². The van der Waals surface area contributed by atoms with Gasteiger partial charge in [0.15, 0.2) is 0 Å². The Morgan fingerprint density at radius 3 is 2.63 bits per heavy atom. The smallest absolute Gasteiger partial charge is 0.127 e. The maximum atomic E-state index is 2.43. The van der Waals surface area contributed by atoms with E-state index < -0.39 is 0 Å². The summed E-state index contributed by atoms with van der Waals surface area (Å²) in [6.45, 7) is 6.57. The van der Waals surface area contributed by atoms with E-state index in [0.717, 1.165) is 12.8 Å². The molecule has 0 fully saturated rings. The normalized spacial score (nSPS) is 24.1. The van der Waals surface area contributed by atoms with Crippen molar-refractivity contribution in [3.63, 3.8) is 0 Å². The van der Waals surface area contributed by atoms with Gasteiger partial charge in [0, 0.05) is 19.8 Å². The zero-order valence-electron chi connectivity index (χ0n) is 12.9. The Labute approximate surface area is 117 Å². The molecular weight excluding hydrogens is 232 g/mol. The monoisotopic (exact) mass is 258 g/mol. The summed E-state index contributed by atoms with van der Waals surface area (Å²) in [6.07, 6.45) is 14.0. The largest absolute Gasteiger partial charge is 0.352 e. The van der Waals surface area contributed by atoms with Crippen molar-refractivity contribution in [1.29, 1.82) is 0 Å². The molecule has 0 N–H and O–H groups in total. The summed E-state index contributed by atoms with van der Waals surface area (Å²) in [5.74, 6) is 0.592. The maximum absolute atomic E-state index is 2.43. The third-order valence-corrected chi connectivity index (χ3v) is 3.96. The van der Waals surface area contributed by atoms with Gasteiger partial charge in [-0.25, -0.2) is 0 Å². The molecule has 0 aromatic carbocycles. The summed E-state index contributed by atoms with van der Waals surface area (Å²) < 4.78 is 0. The summed E-state index contributed by atoms with van der Waals surface area (Å²) in [5, 5.41) is 0. The van der Waals surface area contributed by atoms with Crippen molar-refractivity contribution in [3.8, 4) is 0 Å². The molecule has 0 amide bonds. The predicted octanol–water partition coefficient (Wildman–Crippen LogP) is 3.91. The molecule has 1 aliphatic carbocycles. The lowest BCUT2D eigenvalue weighted by molar-refractivity contribution is 0.230. The molecular formula is C17H26N2. The van der Waals surface area contributed by atoms with E-state index in [-0.39, 0.29) is 0 Å². The Bertz CT molecular complexity index is 452. The average Bonchev–Trinajstić information content (AvgIpc) is 2.65. The molecule has 0 bridgehead atoms. The number of rotatable bonds is 3. The minimum Gasteiger partial charge on any atom is -0.352 e. The van der Waals surface area contributed by atoms with Crippen molar-refractivity contribution in [1.82, 2.24) is 9.80 Å². The molecule has 0 spiro atoms. The molecule has 1 aliphatic heterocycles. The van der Waals surface area contributed by atoms with Crippen molar-refractivity contribution in [2.75, 3.05) is 14.1 Å². The highest BCUT2D eigenvalue weighted by molar-refractivity contribution is 5.38. The van der Waals surface area contributed by atoms with Crippen LogP contribution in [0.3, 0.4) is 0 Å². The quantitative estimate of drug-likeness (QED) is 0.708. The second-order valence-electron chi connectivity index (χ2n) is 5.76. The van der Waals surface area contributed by atoms with Crippen molar-refractivity contribution < 1.29 is 0 Å². The van der Waals surface area contributed by atoms with Gasteiger partial charge >= 0.3 is 0 Å². The van der Waals surface area contributed by atoms with E-state index in [0.29, 0.717) is 12.1 Å². The molecule has 0 saturated carbocycles. The van der Waals surface area contributed by atoms with E-state index >= 15 is 0 Å². The molecule has 104 valence electrons. The first-order valence-electron chi connectivity index (χ1n) is 7.26. The fraction of sp³-hybridized carbons (Fsp3) is 0.529. The van der Waals surface area contributed by atoms with Crippen LogP contribution in [0.2, 0.25) is 0 Å². The number of hydrogen-bond donors (Lipinski definition) is 0. The molecule has 2 rings (SSSR count). The van der Waals surface area contributed by atoms with Gasteiger partial charge in [-0.1, -0.05) is 38.2 Å². The van der Waals surface area contributed by atoms with Crippen LogP contribution in [0.1, 0.15) is 33.6 Å². The zero-order valence-corrected chi connectivity index (χ0v) is 12.9. The molecule has 2 aliphatic rings. The van der Waals surface area contributed by atoms with Gasteiger partial charge < -0.3 is 9.80 Å². The van der Waals surface area contributed by atoms with Crippen LogP contribution in [0.4, 0.5) is 0 Å². The lowest BCUT2D eigenvalue weighted by Gasteiger charge is -2.31. The first-order valence-corrected chi connectivity index (χ1v) is 7.26. The Hall–Kier alpha value is -1.44. The van der Waals surface area contributed by atoms with Gasteiger partial charge in [-0.2, -0.15) is 0 Å². The van der Waals surface area contributed by atoms with Crippen LogP contribution in [0, 0.1) is 5.92 Å². The topological polar surface area (TPSA) is 6.48 Å². The van der Waals surface area contributed by atoms with E-state index in [1.54, 1.807) is 0 Å². The predicted molar refractivity (Wildman–Crippen MR) is 82.4 cm³/mol. The average molecular weight is 258 g/mol. The molecule has 2 heteroatoms. The highest BCUT2D eigenvalue weighted by Gasteiger charge is 2.34. The molecule has 0 aromatic heterocycles. The second-order valence-corrected chi connectivity index (χ2v) is 5.76. The molecule has 0 saturated heterocycles. The number of allylic oxidation sites excluding steroid dienone is 5. The van der Waals surface area contributed by atoms with Crippen LogP contribution in [-0.2, 0) is 0 Å². The minimum atomic E-state index is 0.341. The van der Waals surface area contributed by atoms with E-state index in [1.807, 2.05) is 0 Å². The molecule has 0 radical (unpaired) electrons. The number of likely N-dealkylation sites (N-methyl/N-ethyl adjacent to an activating group) is 2. The zero-order chi connectivity index (χ0) is 14.0. The fourth-order valence-electron chi connectivity index (χ4n) is 2.94. The molecule has 0 aromatic rings. The summed E-state index contributed by atoms with van der Waals surface area (Å²) in [5.41, 5.74) is 4.24. The van der Waals surface area contributed by atoms with Crippen LogP contribution in [0.5, 0.6) is 0 Å². The Morgan fingerprint density at radius 2 is 2.05 bits per heavy atom. The summed E-state index contributed by atoms with van der Waals surface area (Å²) in [4.78, 5) is 4.82. The van der Waals surface area contributed by atoms with E-state index in [4.69, 9.17) is 0 Å². The van der Waals surface area contributed by atoms with Gasteiger partial charge in [0.2, 0.25) is 0 Å². The standard InChI is InChI=1S/C17H26N2/c1-6-14(12-11-13(2)3)17-18(4)15-9-7-8-10-16(15)19(17)5/h6-7,9,11-13,17H,8,10H2,1-5H3/b12-11-,14-6+. The van der Waals surface area contributed by atoms with Gasteiger partial charge in [0.05, 0.1) is 5.70 Å². The van der Waals surface area contributed by atoms with Crippen molar-refractivity contribution in [2.24, 2.45) is 5.92 Å². The third-order valence-electron chi connectivity index (χ3n) is 3.96. The van der Waals surface area contributed by atoms with Gasteiger partial charge in [-0.15, -0.1) is 0 Å². The van der Waals surface area contributed by atoms with Gasteiger partial charge in [-0.3, -0.25) is 0 Å². The van der Waals surface area contributed by atoms with Gasteiger partial charge in [0.1, 0.15) is 6.17 Å². The lowest BCUT2D eigenvalue weighted by atomic mass is 10.1. The van der Waals surface area contributed by atoms with Crippen LogP contribution in [-0.4, -0.2) is 30.1 Å². The lowest BCUT2D eigenvalue weighted by Crippen LogP contribution is -2.37. The van der Waals surface area contributed by atoms with Gasteiger partial charge in [0.25, 0.3) is 0 Å². The molecule has 19 heavy (non-hydrogen) atoms. The highest BCUT2D eigenvalue weighted by Crippen LogP contribution is 2.36. The summed E-state index contributed by atoms with van der Waals surface area (Å²) in [6, 6.07) is 0. The van der Waals surface area contributed by atoms with Crippen LogP contribution >= 0.6 is 0 Å². The Morgan fingerprint density at radius 1 is 1.32 bits per heavy atom. The summed E-state index contributed by atoms with van der Waals surface area (Å²) in [7, 11) is 4.42. The first kappa shape index (κ1) is 14.0. The SMILES string of the molecule is C/C=C(\C=C/C(C)C)C1N(C)C2=C(CCC=C2)N1C. The van der Waals surface area contributed by atoms with E-state index in [9.17, 15) is 0 Å². The third kappa shape index (κ3) is 2.63. The van der Waals surface area contributed by atoms with Crippen LogP contribution < -0.4 is 0 Å². The van der Waals surface area contributed by atoms with E-state index in [2.05, 4.69) is 75.0 Å². The highest BCUT2D eigenvalue weighted by atomic mass is 15.4. The fourth-order valence-corrected chi connectivity index (χ4v) is 2.94. The Kier molecular flexibility index (Phi) is 4.18. The maximum Gasteiger partial charge on any atom is 0.127 e. The van der Waals surface area contributed by atoms with E-state index in [1.165, 1.54) is 17.0 Å². The molecule has 1 atom stereocenters. The minimum absolute atomic E-state index is 0.341. The first-order chi connectivity index (χ1) is 9.06.